The van der Waals surface area contributed by atoms with Gasteiger partial charge >= 0.3 is 0 Å². The molecule has 0 bridgehead atoms. The summed E-state index contributed by atoms with van der Waals surface area (Å²) in [6.07, 6.45) is 1.63. The molecule has 1 aromatic heterocycles. The first kappa shape index (κ1) is 15.8. The predicted molar refractivity (Wildman–Crippen MR) is 92.4 cm³/mol. The first-order valence-electron chi connectivity index (χ1n) is 7.53. The number of anilines is 2. The standard InChI is InChI=1S/C16H20ClN5O/c1-11-9-12(17)3-4-13(11)23-14-10-19-16(18)20-15(14)22-7-5-21(2)6-8-22/h3-4,9-10H,5-8H2,1-2H3,(H2,18,19,20). The molecule has 2 aromatic rings. The highest BCUT2D eigenvalue weighted by molar-refractivity contribution is 6.30. The van der Waals surface area contributed by atoms with Crippen LogP contribution in [0.4, 0.5) is 11.8 Å². The molecule has 0 saturated carbocycles. The number of aryl methyl sites for hydroxylation is 1. The number of ether oxygens (including phenoxy) is 1. The van der Waals surface area contributed by atoms with Gasteiger partial charge in [-0.2, -0.15) is 4.98 Å². The molecule has 1 aliphatic heterocycles. The van der Waals surface area contributed by atoms with E-state index in [0.29, 0.717) is 10.8 Å². The fourth-order valence-corrected chi connectivity index (χ4v) is 2.76. The number of nitrogens with zero attached hydrogens (tertiary/aromatic N) is 4. The van der Waals surface area contributed by atoms with Gasteiger partial charge in [0.05, 0.1) is 6.20 Å². The molecule has 1 saturated heterocycles. The van der Waals surface area contributed by atoms with Crippen LogP contribution in [0.25, 0.3) is 0 Å². The number of halogens is 1. The fourth-order valence-electron chi connectivity index (χ4n) is 2.54. The molecule has 2 heterocycles. The zero-order chi connectivity index (χ0) is 16.4. The summed E-state index contributed by atoms with van der Waals surface area (Å²) in [5.74, 6) is 2.33. The van der Waals surface area contributed by atoms with Crippen LogP contribution in [0.3, 0.4) is 0 Å². The molecule has 0 spiro atoms. The highest BCUT2D eigenvalue weighted by Crippen LogP contribution is 2.33. The Hall–Kier alpha value is -2.05. The topological polar surface area (TPSA) is 67.5 Å². The molecule has 1 aliphatic rings. The molecule has 0 atom stereocenters. The first-order valence-corrected chi connectivity index (χ1v) is 7.91. The van der Waals surface area contributed by atoms with Crippen LogP contribution in [-0.2, 0) is 0 Å². The number of hydrogen-bond acceptors (Lipinski definition) is 6. The summed E-state index contributed by atoms with van der Waals surface area (Å²) < 4.78 is 6.04. The van der Waals surface area contributed by atoms with Crippen molar-refractivity contribution in [1.82, 2.24) is 14.9 Å². The molecule has 6 nitrogen and oxygen atoms in total. The van der Waals surface area contributed by atoms with Gasteiger partial charge in [0.1, 0.15) is 5.75 Å². The maximum atomic E-state index is 6.04. The van der Waals surface area contributed by atoms with Crippen LogP contribution in [0.5, 0.6) is 11.5 Å². The van der Waals surface area contributed by atoms with Gasteiger partial charge in [0, 0.05) is 31.2 Å². The second-order valence-electron chi connectivity index (χ2n) is 5.72. The van der Waals surface area contributed by atoms with Crippen molar-refractivity contribution in [3.05, 3.63) is 35.0 Å². The molecule has 1 fully saturated rings. The number of hydrogen-bond donors (Lipinski definition) is 1. The van der Waals surface area contributed by atoms with Crippen molar-refractivity contribution >= 4 is 23.4 Å². The van der Waals surface area contributed by atoms with Crippen LogP contribution in [0, 0.1) is 6.92 Å². The summed E-state index contributed by atoms with van der Waals surface area (Å²) in [6, 6.07) is 5.52. The van der Waals surface area contributed by atoms with Crippen molar-refractivity contribution in [2.45, 2.75) is 6.92 Å². The minimum Gasteiger partial charge on any atom is -0.452 e. The van der Waals surface area contributed by atoms with Crippen LogP contribution < -0.4 is 15.4 Å². The Balaban J connectivity index is 1.89. The van der Waals surface area contributed by atoms with Gasteiger partial charge in [-0.25, -0.2) is 4.98 Å². The van der Waals surface area contributed by atoms with Crippen LogP contribution in [0.1, 0.15) is 5.56 Å². The summed E-state index contributed by atoms with van der Waals surface area (Å²) in [7, 11) is 2.11. The summed E-state index contributed by atoms with van der Waals surface area (Å²) >= 11 is 6.00. The molecule has 23 heavy (non-hydrogen) atoms. The van der Waals surface area contributed by atoms with Crippen LogP contribution >= 0.6 is 11.6 Å². The number of benzene rings is 1. The van der Waals surface area contributed by atoms with Gasteiger partial charge in [-0.15, -0.1) is 0 Å². The average molecular weight is 334 g/mol. The lowest BCUT2D eigenvalue weighted by Gasteiger charge is -2.33. The zero-order valence-corrected chi connectivity index (χ0v) is 14.0. The number of nitrogens with two attached hydrogens (primary N) is 1. The van der Waals surface area contributed by atoms with E-state index in [-0.39, 0.29) is 5.95 Å². The number of piperazine rings is 1. The Morgan fingerprint density at radius 2 is 1.91 bits per heavy atom. The average Bonchev–Trinajstić information content (AvgIpc) is 2.52. The third-order valence-electron chi connectivity index (χ3n) is 3.91. The Kier molecular flexibility index (Phi) is 4.54. The van der Waals surface area contributed by atoms with E-state index in [1.54, 1.807) is 12.3 Å². The highest BCUT2D eigenvalue weighted by Gasteiger charge is 2.20. The van der Waals surface area contributed by atoms with Crippen molar-refractivity contribution in [2.75, 3.05) is 43.9 Å². The molecule has 122 valence electrons. The lowest BCUT2D eigenvalue weighted by molar-refractivity contribution is 0.310. The van der Waals surface area contributed by atoms with E-state index >= 15 is 0 Å². The van der Waals surface area contributed by atoms with E-state index in [0.717, 1.165) is 43.3 Å². The predicted octanol–water partition coefficient (Wildman–Crippen LogP) is 2.56. The van der Waals surface area contributed by atoms with Crippen molar-refractivity contribution in [3.8, 4) is 11.5 Å². The van der Waals surface area contributed by atoms with Gasteiger partial charge in [0.15, 0.2) is 11.6 Å². The van der Waals surface area contributed by atoms with Gasteiger partial charge in [-0.1, -0.05) is 11.6 Å². The molecule has 3 rings (SSSR count). The maximum Gasteiger partial charge on any atom is 0.222 e. The third kappa shape index (κ3) is 3.65. The van der Waals surface area contributed by atoms with Gasteiger partial charge in [-0.05, 0) is 37.7 Å². The van der Waals surface area contributed by atoms with Crippen LogP contribution in [0.15, 0.2) is 24.4 Å². The Bertz CT molecular complexity index is 701. The SMILES string of the molecule is Cc1cc(Cl)ccc1Oc1cnc(N)nc1N1CCN(C)CC1. The monoisotopic (exact) mass is 333 g/mol. The normalized spacial score (nSPS) is 15.7. The molecule has 0 aliphatic carbocycles. The molecule has 2 N–H and O–H groups in total. The summed E-state index contributed by atoms with van der Waals surface area (Å²) in [5, 5.41) is 0.683. The van der Waals surface area contributed by atoms with Crippen LogP contribution in [-0.4, -0.2) is 48.1 Å². The van der Waals surface area contributed by atoms with E-state index in [9.17, 15) is 0 Å². The summed E-state index contributed by atoms with van der Waals surface area (Å²) in [4.78, 5) is 12.9. The molecule has 1 aromatic carbocycles. The first-order chi connectivity index (χ1) is 11.0. The van der Waals surface area contributed by atoms with Gasteiger partial charge in [0.2, 0.25) is 5.95 Å². The molecular weight excluding hydrogens is 314 g/mol. The summed E-state index contributed by atoms with van der Waals surface area (Å²) in [6.45, 7) is 5.66. The fraction of sp³-hybridized carbons (Fsp3) is 0.375. The van der Waals surface area contributed by atoms with Crippen molar-refractivity contribution in [3.63, 3.8) is 0 Å². The Morgan fingerprint density at radius 1 is 1.17 bits per heavy atom. The molecular formula is C16H20ClN5O. The maximum absolute atomic E-state index is 6.04. The third-order valence-corrected chi connectivity index (χ3v) is 4.15. The second kappa shape index (κ2) is 6.60. The number of nitrogen functional groups attached to an aromatic ring is 1. The van der Waals surface area contributed by atoms with E-state index in [1.165, 1.54) is 0 Å². The molecule has 0 radical (unpaired) electrons. The Labute approximate surface area is 140 Å². The van der Waals surface area contributed by atoms with E-state index in [1.807, 2.05) is 19.1 Å². The lowest BCUT2D eigenvalue weighted by atomic mass is 10.2. The summed E-state index contributed by atoms with van der Waals surface area (Å²) in [5.41, 5.74) is 6.73. The van der Waals surface area contributed by atoms with E-state index in [4.69, 9.17) is 22.1 Å². The van der Waals surface area contributed by atoms with Gasteiger partial charge in [0.25, 0.3) is 0 Å². The van der Waals surface area contributed by atoms with Gasteiger partial charge < -0.3 is 20.3 Å². The number of rotatable bonds is 3. The second-order valence-corrected chi connectivity index (χ2v) is 6.15. The number of aromatic nitrogens is 2. The smallest absolute Gasteiger partial charge is 0.222 e. The zero-order valence-electron chi connectivity index (χ0n) is 13.3. The molecule has 0 unspecified atom stereocenters. The van der Waals surface area contributed by atoms with E-state index in [2.05, 4.69) is 26.8 Å². The van der Waals surface area contributed by atoms with Gasteiger partial charge in [-0.3, -0.25) is 0 Å². The van der Waals surface area contributed by atoms with Crippen molar-refractivity contribution < 1.29 is 4.74 Å². The minimum absolute atomic E-state index is 0.249. The van der Waals surface area contributed by atoms with Crippen LogP contribution in [0.2, 0.25) is 5.02 Å². The number of likely N-dealkylation sites (N-methyl/N-ethyl adjacent to an activating group) is 1. The highest BCUT2D eigenvalue weighted by atomic mass is 35.5. The minimum atomic E-state index is 0.249. The van der Waals surface area contributed by atoms with Crippen molar-refractivity contribution in [1.29, 1.82) is 0 Å². The molecule has 7 heteroatoms. The largest absolute Gasteiger partial charge is 0.452 e. The molecule has 0 amide bonds. The quantitative estimate of drug-likeness (QED) is 0.931. The Morgan fingerprint density at radius 3 is 2.61 bits per heavy atom. The lowest BCUT2D eigenvalue weighted by Crippen LogP contribution is -2.45. The van der Waals surface area contributed by atoms with Crippen molar-refractivity contribution in [2.24, 2.45) is 0 Å². The van der Waals surface area contributed by atoms with E-state index < -0.39 is 0 Å².